The van der Waals surface area contributed by atoms with Gasteiger partial charge in [0.15, 0.2) is 0 Å². The van der Waals surface area contributed by atoms with Crippen LogP contribution in [-0.4, -0.2) is 31.2 Å². The number of carbonyl (C=O) groups is 2. The Bertz CT molecular complexity index is 736. The number of pyridine rings is 1. The lowest BCUT2D eigenvalue weighted by atomic mass is 10.2. The van der Waals surface area contributed by atoms with Crippen molar-refractivity contribution in [1.82, 2.24) is 4.98 Å². The maximum absolute atomic E-state index is 13.6. The van der Waals surface area contributed by atoms with Crippen LogP contribution in [0.15, 0.2) is 36.5 Å². The molecule has 23 heavy (non-hydrogen) atoms. The molecule has 0 saturated heterocycles. The second kappa shape index (κ2) is 7.21. The third kappa shape index (κ3) is 3.94. The Morgan fingerprint density at radius 1 is 1.17 bits per heavy atom. The average Bonchev–Trinajstić information content (AvgIpc) is 2.57. The highest BCUT2D eigenvalue weighted by Gasteiger charge is 2.14. The number of nitrogens with one attached hydrogen (secondary N) is 2. The van der Waals surface area contributed by atoms with Crippen LogP contribution < -0.4 is 15.4 Å². The monoisotopic (exact) mass is 319 g/mol. The van der Waals surface area contributed by atoms with Crippen molar-refractivity contribution >= 4 is 23.4 Å². The van der Waals surface area contributed by atoms with Crippen molar-refractivity contribution in [2.75, 3.05) is 24.9 Å². The molecule has 0 spiro atoms. The van der Waals surface area contributed by atoms with Crippen LogP contribution in [0.25, 0.3) is 0 Å². The topological polar surface area (TPSA) is 89.6 Å². The quantitative estimate of drug-likeness (QED) is 0.904. The van der Waals surface area contributed by atoms with Crippen molar-refractivity contribution in [3.05, 3.63) is 47.9 Å². The summed E-state index contributed by atoms with van der Waals surface area (Å²) in [5, 5.41) is 4.79. The van der Waals surface area contributed by atoms with Gasteiger partial charge in [-0.05, 0) is 30.3 Å². The van der Waals surface area contributed by atoms with E-state index in [0.29, 0.717) is 0 Å². The van der Waals surface area contributed by atoms with Crippen molar-refractivity contribution in [3.63, 3.8) is 0 Å². The van der Waals surface area contributed by atoms with E-state index in [2.05, 4.69) is 20.4 Å². The van der Waals surface area contributed by atoms with Gasteiger partial charge in [0.2, 0.25) is 5.88 Å². The molecule has 1 aromatic heterocycles. The highest BCUT2D eigenvalue weighted by Crippen LogP contribution is 2.22. The summed E-state index contributed by atoms with van der Waals surface area (Å²) in [6, 6.07) is 6.87. The highest BCUT2D eigenvalue weighted by molar-refractivity contribution is 6.06. The van der Waals surface area contributed by atoms with Gasteiger partial charge >= 0.3 is 6.09 Å². The van der Waals surface area contributed by atoms with Crippen molar-refractivity contribution < 1.29 is 23.5 Å². The number of nitrogens with zero attached hydrogens (tertiary/aromatic N) is 1. The number of halogens is 1. The summed E-state index contributed by atoms with van der Waals surface area (Å²) in [5.41, 5.74) is 0.392. The van der Waals surface area contributed by atoms with Crippen LogP contribution in [0.1, 0.15) is 10.4 Å². The number of benzene rings is 1. The average molecular weight is 319 g/mol. The molecular weight excluding hydrogens is 305 g/mol. The molecule has 120 valence electrons. The molecule has 0 saturated carbocycles. The van der Waals surface area contributed by atoms with Crippen LogP contribution >= 0.6 is 0 Å². The molecule has 7 nitrogen and oxygen atoms in total. The first-order valence-electron chi connectivity index (χ1n) is 6.50. The molecule has 8 heteroatoms. The van der Waals surface area contributed by atoms with Crippen LogP contribution in [0.5, 0.6) is 5.88 Å². The van der Waals surface area contributed by atoms with Gasteiger partial charge in [-0.1, -0.05) is 0 Å². The summed E-state index contributed by atoms with van der Waals surface area (Å²) in [6.07, 6.45) is 0.674. The SMILES string of the molecule is COC(=O)Nc1cc(NC(=O)c2cccnc2OC)ccc1F. The Morgan fingerprint density at radius 3 is 2.65 bits per heavy atom. The second-order valence-corrected chi connectivity index (χ2v) is 4.33. The second-order valence-electron chi connectivity index (χ2n) is 4.33. The van der Waals surface area contributed by atoms with E-state index in [9.17, 15) is 14.0 Å². The Hall–Kier alpha value is -3.16. The maximum atomic E-state index is 13.6. The number of ether oxygens (including phenoxy) is 2. The molecule has 2 rings (SSSR count). The van der Waals surface area contributed by atoms with Crippen molar-refractivity contribution in [1.29, 1.82) is 0 Å². The fraction of sp³-hybridized carbons (Fsp3) is 0.133. The smallest absolute Gasteiger partial charge is 0.411 e. The van der Waals surface area contributed by atoms with Crippen LogP contribution in [0, 0.1) is 5.82 Å². The van der Waals surface area contributed by atoms with Crippen LogP contribution in [-0.2, 0) is 4.74 Å². The normalized spacial score (nSPS) is 9.87. The number of methoxy groups -OCH3 is 2. The number of carbonyl (C=O) groups excluding carboxylic acids is 2. The highest BCUT2D eigenvalue weighted by atomic mass is 19.1. The molecule has 0 unspecified atom stereocenters. The third-order valence-electron chi connectivity index (χ3n) is 2.86. The van der Waals surface area contributed by atoms with E-state index < -0.39 is 17.8 Å². The summed E-state index contributed by atoms with van der Waals surface area (Å²) in [4.78, 5) is 27.3. The first-order chi connectivity index (χ1) is 11.0. The molecule has 0 bridgehead atoms. The zero-order valence-electron chi connectivity index (χ0n) is 12.4. The number of amides is 2. The minimum Gasteiger partial charge on any atom is -0.480 e. The lowest BCUT2D eigenvalue weighted by Crippen LogP contribution is -2.15. The molecule has 0 aliphatic rings. The first kappa shape index (κ1) is 16.2. The Labute approximate surface area is 131 Å². The van der Waals surface area contributed by atoms with Gasteiger partial charge in [0.25, 0.3) is 5.91 Å². The van der Waals surface area contributed by atoms with Crippen molar-refractivity contribution in [2.24, 2.45) is 0 Å². The van der Waals surface area contributed by atoms with Crippen LogP contribution in [0.2, 0.25) is 0 Å². The molecule has 2 amide bonds. The molecule has 0 aliphatic heterocycles. The number of hydrogen-bond acceptors (Lipinski definition) is 5. The van der Waals surface area contributed by atoms with E-state index >= 15 is 0 Å². The zero-order valence-corrected chi connectivity index (χ0v) is 12.4. The van der Waals surface area contributed by atoms with E-state index in [1.54, 1.807) is 6.07 Å². The number of anilines is 2. The molecule has 1 aromatic carbocycles. The zero-order chi connectivity index (χ0) is 16.8. The van der Waals surface area contributed by atoms with E-state index in [1.165, 1.54) is 31.5 Å². The van der Waals surface area contributed by atoms with E-state index in [1.807, 2.05) is 0 Å². The molecule has 0 aliphatic carbocycles. The van der Waals surface area contributed by atoms with Crippen LogP contribution in [0.4, 0.5) is 20.6 Å². The minimum absolute atomic E-state index is 0.118. The van der Waals surface area contributed by atoms with Gasteiger partial charge in [-0.15, -0.1) is 0 Å². The van der Waals surface area contributed by atoms with Gasteiger partial charge in [-0.25, -0.2) is 14.2 Å². The molecule has 2 aromatic rings. The Balaban J connectivity index is 2.21. The van der Waals surface area contributed by atoms with Gasteiger partial charge in [0, 0.05) is 11.9 Å². The Morgan fingerprint density at radius 2 is 1.96 bits per heavy atom. The van der Waals surface area contributed by atoms with Gasteiger partial charge in [-0.3, -0.25) is 10.1 Å². The van der Waals surface area contributed by atoms with Gasteiger partial charge in [-0.2, -0.15) is 0 Å². The molecule has 0 radical (unpaired) electrons. The lowest BCUT2D eigenvalue weighted by molar-refractivity contribution is 0.102. The molecule has 2 N–H and O–H groups in total. The molecular formula is C15H14FN3O4. The van der Waals surface area contributed by atoms with Gasteiger partial charge < -0.3 is 14.8 Å². The summed E-state index contributed by atoms with van der Waals surface area (Å²) >= 11 is 0. The predicted molar refractivity (Wildman–Crippen MR) is 81.2 cm³/mol. The van der Waals surface area contributed by atoms with Crippen LogP contribution in [0.3, 0.4) is 0 Å². The molecule has 0 fully saturated rings. The number of rotatable bonds is 4. The van der Waals surface area contributed by atoms with Gasteiger partial charge in [0.05, 0.1) is 19.9 Å². The summed E-state index contributed by atoms with van der Waals surface area (Å²) in [5.74, 6) is -0.974. The number of aromatic nitrogens is 1. The largest absolute Gasteiger partial charge is 0.480 e. The van der Waals surface area contributed by atoms with Crippen molar-refractivity contribution in [2.45, 2.75) is 0 Å². The van der Waals surface area contributed by atoms with E-state index in [0.717, 1.165) is 13.2 Å². The lowest BCUT2D eigenvalue weighted by Gasteiger charge is -2.10. The number of hydrogen-bond donors (Lipinski definition) is 2. The first-order valence-corrected chi connectivity index (χ1v) is 6.50. The predicted octanol–water partition coefficient (Wildman–Crippen LogP) is 2.66. The Kier molecular flexibility index (Phi) is 5.08. The fourth-order valence-electron chi connectivity index (χ4n) is 1.78. The summed E-state index contributed by atoms with van der Waals surface area (Å²) < 4.78 is 23.0. The standard InChI is InChI=1S/C15H14FN3O4/c1-22-14-10(4-3-7-17-14)13(20)18-9-5-6-11(16)12(8-9)19-15(21)23-2/h3-8H,1-2H3,(H,18,20)(H,19,21). The minimum atomic E-state index is -0.818. The van der Waals surface area contributed by atoms with E-state index in [-0.39, 0.29) is 22.8 Å². The third-order valence-corrected chi connectivity index (χ3v) is 2.86. The van der Waals surface area contributed by atoms with E-state index in [4.69, 9.17) is 4.74 Å². The van der Waals surface area contributed by atoms with Gasteiger partial charge in [0.1, 0.15) is 11.4 Å². The summed E-state index contributed by atoms with van der Waals surface area (Å²) in [6.45, 7) is 0. The molecule has 1 heterocycles. The molecule has 0 atom stereocenters. The summed E-state index contributed by atoms with van der Waals surface area (Å²) in [7, 11) is 2.56. The van der Waals surface area contributed by atoms with Crippen molar-refractivity contribution in [3.8, 4) is 5.88 Å². The maximum Gasteiger partial charge on any atom is 0.411 e. The fourth-order valence-corrected chi connectivity index (χ4v) is 1.78.